The van der Waals surface area contributed by atoms with Gasteiger partial charge in [-0.3, -0.25) is 4.79 Å². The van der Waals surface area contributed by atoms with Gasteiger partial charge in [0.1, 0.15) is 0 Å². The van der Waals surface area contributed by atoms with Gasteiger partial charge in [-0.1, -0.05) is 17.3 Å². The lowest BCUT2D eigenvalue weighted by Crippen LogP contribution is -2.31. The van der Waals surface area contributed by atoms with Crippen LogP contribution in [0.1, 0.15) is 12.8 Å². The van der Waals surface area contributed by atoms with Crippen molar-refractivity contribution in [2.24, 2.45) is 11.0 Å². The van der Waals surface area contributed by atoms with Gasteiger partial charge in [0.15, 0.2) is 0 Å². The van der Waals surface area contributed by atoms with Crippen LogP contribution in [0.4, 0.5) is 0 Å². The van der Waals surface area contributed by atoms with Crippen molar-refractivity contribution < 1.29 is 4.79 Å². The molecule has 0 bridgehead atoms. The molecule has 0 spiro atoms. The minimum atomic E-state index is 0.0538. The van der Waals surface area contributed by atoms with E-state index in [1.165, 1.54) is 0 Å². The Morgan fingerprint density at radius 1 is 1.62 bits per heavy atom. The zero-order valence-electron chi connectivity index (χ0n) is 7.31. The number of carbonyl (C=O) groups is 1. The maximum Gasteiger partial charge on any atom is 0.223 e. The van der Waals surface area contributed by atoms with Crippen LogP contribution in [-0.2, 0) is 4.79 Å². The number of nitrogens with one attached hydrogen (secondary N) is 1. The number of nitrogens with zero attached hydrogens (tertiary/aromatic N) is 3. The lowest BCUT2D eigenvalue weighted by molar-refractivity contribution is -0.124. The van der Waals surface area contributed by atoms with Gasteiger partial charge in [-0.2, -0.15) is 0 Å². The molecule has 0 aliphatic heterocycles. The second-order valence-electron chi connectivity index (χ2n) is 2.89. The Morgan fingerprint density at radius 3 is 2.92 bits per heavy atom. The summed E-state index contributed by atoms with van der Waals surface area (Å²) in [5, 5.41) is 6.04. The molecule has 0 aromatic carbocycles. The topological polar surface area (TPSA) is 77.9 Å². The van der Waals surface area contributed by atoms with Crippen LogP contribution in [0.5, 0.6) is 0 Å². The van der Waals surface area contributed by atoms with Gasteiger partial charge < -0.3 is 5.32 Å². The van der Waals surface area contributed by atoms with Gasteiger partial charge in [0.05, 0.1) is 0 Å². The van der Waals surface area contributed by atoms with E-state index in [1.807, 2.05) is 12.2 Å². The molecule has 1 aliphatic rings. The zero-order chi connectivity index (χ0) is 9.52. The van der Waals surface area contributed by atoms with E-state index in [0.717, 1.165) is 12.8 Å². The van der Waals surface area contributed by atoms with Gasteiger partial charge in [0, 0.05) is 23.9 Å². The summed E-state index contributed by atoms with van der Waals surface area (Å²) >= 11 is 0. The Balaban J connectivity index is 2.14. The van der Waals surface area contributed by atoms with E-state index in [-0.39, 0.29) is 11.8 Å². The molecule has 5 heteroatoms. The summed E-state index contributed by atoms with van der Waals surface area (Å²) in [7, 11) is 0. The number of azide groups is 1. The van der Waals surface area contributed by atoms with Crippen LogP contribution in [0.3, 0.4) is 0 Å². The number of allylic oxidation sites excluding steroid dienone is 2. The minimum absolute atomic E-state index is 0.0538. The molecule has 70 valence electrons. The normalized spacial score (nSPS) is 15.4. The van der Waals surface area contributed by atoms with Crippen molar-refractivity contribution in [3.8, 4) is 0 Å². The zero-order valence-corrected chi connectivity index (χ0v) is 7.31. The van der Waals surface area contributed by atoms with Crippen LogP contribution in [0.15, 0.2) is 17.3 Å². The quantitative estimate of drug-likeness (QED) is 0.229. The summed E-state index contributed by atoms with van der Waals surface area (Å²) in [6.07, 6.45) is 5.68. The van der Waals surface area contributed by atoms with Gasteiger partial charge in [0.25, 0.3) is 0 Å². The standard InChI is InChI=1S/C8H12N4O/c9-12-11-6-5-10-8(13)7-3-1-2-4-7/h1-2,7H,3-6H2,(H,10,13). The number of carbonyl (C=O) groups excluding carboxylic acids is 1. The highest BCUT2D eigenvalue weighted by atomic mass is 16.1. The monoisotopic (exact) mass is 180 g/mol. The second kappa shape index (κ2) is 5.22. The van der Waals surface area contributed by atoms with E-state index < -0.39 is 0 Å². The van der Waals surface area contributed by atoms with Crippen molar-refractivity contribution in [2.45, 2.75) is 12.8 Å². The van der Waals surface area contributed by atoms with Gasteiger partial charge in [-0.15, -0.1) is 0 Å². The molecule has 0 saturated carbocycles. The molecular weight excluding hydrogens is 168 g/mol. The minimum Gasteiger partial charge on any atom is -0.356 e. The highest BCUT2D eigenvalue weighted by Crippen LogP contribution is 2.17. The molecule has 1 N–H and O–H groups in total. The van der Waals surface area contributed by atoms with E-state index in [2.05, 4.69) is 15.3 Å². The van der Waals surface area contributed by atoms with Gasteiger partial charge in [-0.05, 0) is 18.4 Å². The fraction of sp³-hybridized carbons (Fsp3) is 0.625. The molecule has 0 heterocycles. The number of hydrogen-bond donors (Lipinski definition) is 1. The Bertz CT molecular complexity index is 247. The highest BCUT2D eigenvalue weighted by Gasteiger charge is 2.17. The molecule has 5 nitrogen and oxygen atoms in total. The molecule has 0 radical (unpaired) electrons. The van der Waals surface area contributed by atoms with E-state index in [0.29, 0.717) is 13.1 Å². The molecule has 13 heavy (non-hydrogen) atoms. The van der Waals surface area contributed by atoms with E-state index in [9.17, 15) is 4.79 Å². The first-order valence-electron chi connectivity index (χ1n) is 4.28. The maximum atomic E-state index is 11.3. The Labute approximate surface area is 76.4 Å². The van der Waals surface area contributed by atoms with Crippen LogP contribution in [0.2, 0.25) is 0 Å². The smallest absolute Gasteiger partial charge is 0.223 e. The molecule has 1 amide bonds. The van der Waals surface area contributed by atoms with Crippen LogP contribution >= 0.6 is 0 Å². The number of amides is 1. The Hall–Kier alpha value is -1.48. The average molecular weight is 180 g/mol. The van der Waals surface area contributed by atoms with Crippen LogP contribution in [0.25, 0.3) is 10.4 Å². The molecule has 0 atom stereocenters. The fourth-order valence-electron chi connectivity index (χ4n) is 1.25. The summed E-state index contributed by atoms with van der Waals surface area (Å²) in [5.41, 5.74) is 7.98. The first-order valence-corrected chi connectivity index (χ1v) is 4.28. The largest absolute Gasteiger partial charge is 0.356 e. The van der Waals surface area contributed by atoms with E-state index in [1.54, 1.807) is 0 Å². The summed E-state index contributed by atoms with van der Waals surface area (Å²) < 4.78 is 0. The summed E-state index contributed by atoms with van der Waals surface area (Å²) in [4.78, 5) is 13.9. The lowest BCUT2D eigenvalue weighted by Gasteiger charge is -2.08. The summed E-state index contributed by atoms with van der Waals surface area (Å²) in [5.74, 6) is 0.143. The lowest BCUT2D eigenvalue weighted by atomic mass is 10.1. The molecule has 1 rings (SSSR count). The number of rotatable bonds is 4. The van der Waals surface area contributed by atoms with Crippen molar-refractivity contribution in [3.63, 3.8) is 0 Å². The van der Waals surface area contributed by atoms with Crippen LogP contribution in [-0.4, -0.2) is 19.0 Å². The molecular formula is C8H12N4O. The van der Waals surface area contributed by atoms with Crippen molar-refractivity contribution in [1.82, 2.24) is 5.32 Å². The van der Waals surface area contributed by atoms with Crippen LogP contribution < -0.4 is 5.32 Å². The van der Waals surface area contributed by atoms with Crippen molar-refractivity contribution >= 4 is 5.91 Å². The predicted molar refractivity (Wildman–Crippen MR) is 48.9 cm³/mol. The third kappa shape index (κ3) is 3.17. The van der Waals surface area contributed by atoms with Crippen LogP contribution in [0, 0.1) is 5.92 Å². The first kappa shape index (κ1) is 9.61. The summed E-state index contributed by atoms with van der Waals surface area (Å²) in [6.45, 7) is 0.752. The van der Waals surface area contributed by atoms with Gasteiger partial charge in [-0.25, -0.2) is 0 Å². The third-order valence-electron chi connectivity index (χ3n) is 1.95. The SMILES string of the molecule is [N-]=[N+]=NCCNC(=O)C1CC=CC1. The van der Waals surface area contributed by atoms with Gasteiger partial charge >= 0.3 is 0 Å². The third-order valence-corrected chi connectivity index (χ3v) is 1.95. The Kier molecular flexibility index (Phi) is 3.85. The fourth-order valence-corrected chi connectivity index (χ4v) is 1.25. The number of hydrogen-bond acceptors (Lipinski definition) is 2. The molecule has 0 unspecified atom stereocenters. The highest BCUT2D eigenvalue weighted by molar-refractivity contribution is 5.79. The van der Waals surface area contributed by atoms with Crippen molar-refractivity contribution in [2.75, 3.05) is 13.1 Å². The molecule has 0 saturated heterocycles. The van der Waals surface area contributed by atoms with E-state index >= 15 is 0 Å². The average Bonchev–Trinajstić information content (AvgIpc) is 2.65. The van der Waals surface area contributed by atoms with Crippen molar-refractivity contribution in [1.29, 1.82) is 0 Å². The molecule has 0 fully saturated rings. The predicted octanol–water partition coefficient (Wildman–Crippen LogP) is 1.38. The Morgan fingerprint density at radius 2 is 2.31 bits per heavy atom. The van der Waals surface area contributed by atoms with Crippen molar-refractivity contribution in [3.05, 3.63) is 22.6 Å². The maximum absolute atomic E-state index is 11.3. The molecule has 0 aromatic rings. The van der Waals surface area contributed by atoms with E-state index in [4.69, 9.17) is 5.53 Å². The first-order chi connectivity index (χ1) is 6.34. The molecule has 1 aliphatic carbocycles. The summed E-state index contributed by atoms with van der Waals surface area (Å²) in [6, 6.07) is 0. The molecule has 0 aromatic heterocycles. The van der Waals surface area contributed by atoms with Gasteiger partial charge in [0.2, 0.25) is 5.91 Å². The second-order valence-corrected chi connectivity index (χ2v) is 2.89.